The molecule has 0 unspecified atom stereocenters. The number of alkyl carbamates (subject to hydrolysis) is 2. The van der Waals surface area contributed by atoms with E-state index in [-0.39, 0.29) is 61.6 Å². The number of imidazole rings is 2. The highest BCUT2D eigenvalue weighted by atomic mass is 19.1. The Morgan fingerprint density at radius 2 is 1.37 bits per heavy atom. The van der Waals surface area contributed by atoms with Gasteiger partial charge in [0.05, 0.1) is 57.0 Å². The molecule has 17 nitrogen and oxygen atoms in total. The maximum Gasteiger partial charge on any atom is 0.410 e. The lowest BCUT2D eigenvalue weighted by molar-refractivity contribution is -0.136. The highest BCUT2D eigenvalue weighted by Gasteiger charge is 2.44. The quantitative estimate of drug-likeness (QED) is 0.0908. The molecule has 0 bridgehead atoms. The van der Waals surface area contributed by atoms with E-state index in [1.807, 2.05) is 82.4 Å². The maximum absolute atomic E-state index is 14.5. The van der Waals surface area contributed by atoms with Crippen LogP contribution in [-0.4, -0.2) is 110 Å². The molecular weight excluding hydrogens is 862 g/mol. The summed E-state index contributed by atoms with van der Waals surface area (Å²) in [6.07, 6.45) is 2.66. The van der Waals surface area contributed by atoms with Gasteiger partial charge in [-0.3, -0.25) is 14.5 Å². The number of methoxy groups -OCH3 is 2. The van der Waals surface area contributed by atoms with Crippen LogP contribution in [0.1, 0.15) is 81.8 Å². The van der Waals surface area contributed by atoms with Gasteiger partial charge in [0, 0.05) is 36.8 Å². The first-order chi connectivity index (χ1) is 32.2. The molecule has 3 aromatic carbocycles. The first-order valence-corrected chi connectivity index (χ1v) is 22.6. The van der Waals surface area contributed by atoms with Gasteiger partial charge in [0.25, 0.3) is 0 Å². The largest absolute Gasteiger partial charge is 0.453 e. The van der Waals surface area contributed by atoms with Crippen molar-refractivity contribution in [2.24, 2.45) is 11.8 Å². The number of aromatic amines is 2. The van der Waals surface area contributed by atoms with Crippen LogP contribution < -0.4 is 10.6 Å². The van der Waals surface area contributed by atoms with Gasteiger partial charge in [-0.25, -0.2) is 28.7 Å². The predicted octanol–water partition coefficient (Wildman–Crippen LogP) is 7.49. The van der Waals surface area contributed by atoms with Crippen LogP contribution >= 0.6 is 0 Å². The van der Waals surface area contributed by atoms with Crippen LogP contribution in [0.4, 0.5) is 18.8 Å². The summed E-state index contributed by atoms with van der Waals surface area (Å²) in [6.45, 7) is 8.32. The Kier molecular flexibility index (Phi) is 13.6. The summed E-state index contributed by atoms with van der Waals surface area (Å²) in [5.74, 6) is -0.157. The molecule has 352 valence electrons. The van der Waals surface area contributed by atoms with Crippen LogP contribution in [0.5, 0.6) is 0 Å². The number of hydrogen-bond acceptors (Lipinski definition) is 10. The van der Waals surface area contributed by atoms with E-state index in [1.54, 1.807) is 28.1 Å². The Hall–Kier alpha value is -7.24. The number of likely N-dealkylation sites (tertiary alicyclic amines) is 2. The van der Waals surface area contributed by atoms with Gasteiger partial charge in [-0.1, -0.05) is 88.4 Å². The van der Waals surface area contributed by atoms with Gasteiger partial charge < -0.3 is 44.6 Å². The van der Waals surface area contributed by atoms with Crippen molar-refractivity contribution < 1.29 is 42.6 Å². The smallest absolute Gasteiger partial charge is 0.410 e. The fraction of sp³-hybridized carbons (Fsp3) is 0.408. The number of rotatable bonds is 12. The third kappa shape index (κ3) is 9.83. The molecule has 2 fully saturated rings. The van der Waals surface area contributed by atoms with Gasteiger partial charge in [-0.05, 0) is 53.0 Å². The van der Waals surface area contributed by atoms with Gasteiger partial charge in [0.2, 0.25) is 11.8 Å². The predicted molar refractivity (Wildman–Crippen MR) is 244 cm³/mol. The Morgan fingerprint density at radius 3 is 1.99 bits per heavy atom. The van der Waals surface area contributed by atoms with Crippen LogP contribution in [-0.2, 0) is 36.9 Å². The Labute approximate surface area is 387 Å². The van der Waals surface area contributed by atoms with Crippen molar-refractivity contribution >= 4 is 30.1 Å². The fourth-order valence-corrected chi connectivity index (χ4v) is 9.17. The van der Waals surface area contributed by atoms with Gasteiger partial charge in [0.15, 0.2) is 0 Å². The summed E-state index contributed by atoms with van der Waals surface area (Å²) in [6, 6.07) is 18.3. The Balaban J connectivity index is 0.947. The number of hydrogen-bond donors (Lipinski definition) is 4. The first kappa shape index (κ1) is 46.3. The normalized spacial score (nSPS) is 18.8. The molecule has 2 aromatic heterocycles. The zero-order valence-electron chi connectivity index (χ0n) is 38.4. The van der Waals surface area contributed by atoms with E-state index in [9.17, 15) is 28.4 Å². The minimum Gasteiger partial charge on any atom is -0.453 e. The molecule has 8 rings (SSSR count). The third-order valence-electron chi connectivity index (χ3n) is 12.9. The number of amides is 5. The summed E-state index contributed by atoms with van der Waals surface area (Å²) in [4.78, 5) is 86.6. The summed E-state index contributed by atoms with van der Waals surface area (Å²) in [5.41, 5.74) is 6.38. The molecule has 18 heteroatoms. The molecule has 2 saturated heterocycles. The second kappa shape index (κ2) is 19.7. The molecule has 5 heterocycles. The van der Waals surface area contributed by atoms with Crippen molar-refractivity contribution in [1.82, 2.24) is 45.3 Å². The number of H-pyrrole nitrogens is 2. The number of aromatic nitrogens is 4. The molecule has 3 aliphatic heterocycles. The molecule has 0 spiro atoms. The lowest BCUT2D eigenvalue weighted by Crippen LogP contribution is -2.51. The monoisotopic (exact) mass is 917 g/mol. The molecule has 4 N–H and O–H groups in total. The Bertz CT molecular complexity index is 2610. The zero-order valence-corrected chi connectivity index (χ0v) is 38.4. The van der Waals surface area contributed by atoms with Crippen LogP contribution in [0.25, 0.3) is 33.6 Å². The average molecular weight is 918 g/mol. The second-order valence-electron chi connectivity index (χ2n) is 17.9. The topological polar surface area (TPSA) is 204 Å². The minimum atomic E-state index is -0.921. The first-order valence-electron chi connectivity index (χ1n) is 22.6. The number of carbonyl (C=O) groups excluding carboxylic acids is 5. The van der Waals surface area contributed by atoms with Crippen molar-refractivity contribution in [3.05, 3.63) is 108 Å². The van der Waals surface area contributed by atoms with E-state index in [0.29, 0.717) is 29.5 Å². The van der Waals surface area contributed by atoms with Crippen molar-refractivity contribution in [3.63, 3.8) is 0 Å². The van der Waals surface area contributed by atoms with Crippen molar-refractivity contribution in [1.29, 1.82) is 0 Å². The van der Waals surface area contributed by atoms with E-state index in [0.717, 1.165) is 46.4 Å². The summed E-state index contributed by atoms with van der Waals surface area (Å²) in [7, 11) is 2.51. The standard InChI is InChI=1S/C49H56FN9O8/c1-27(2)41(55-47(62)65-5)45(60)58-20-8-11-39(58)43-51-22-37(53-43)31-16-12-29(13-17-31)30-14-18-32(19-15-30)38-23-52-44(54-38)40-21-34(25-59(40)46(61)42(28(3)4)56-48(63)66-6)67-49(64)57-24-33-9-7-10-36(50)35(33)26-57/h7,9-10,12-19,22-23,27-28,34,39-42H,8,11,20-21,24-26H2,1-6H3,(H,51,53)(H,52,54)(H,55,62)(H,56,63)/t34-,39+,40+,41+,42+/m1/s1. The molecule has 0 aliphatic carbocycles. The third-order valence-corrected chi connectivity index (χ3v) is 12.9. The van der Waals surface area contributed by atoms with Crippen LogP contribution in [0.3, 0.4) is 0 Å². The number of halogens is 1. The van der Waals surface area contributed by atoms with Crippen LogP contribution in [0.15, 0.2) is 79.1 Å². The number of nitrogens with one attached hydrogen (secondary N) is 4. The summed E-state index contributed by atoms with van der Waals surface area (Å²) >= 11 is 0. The molecule has 5 atom stereocenters. The molecule has 5 aromatic rings. The average Bonchev–Trinajstić information content (AvgIpc) is 4.19. The SMILES string of the molecule is COC(=O)N[C@H](C(=O)N1CCC[C@H]1c1nc(-c2ccc(-c3ccc(-c4cnc([C@@H]5C[C@@H](OC(=O)N6Cc7cccc(F)c7C6)CN5C(=O)[C@@H](NC(=O)OC)C(C)C)[nH]4)cc3)cc2)c[nH]1)C(C)C. The molecular formula is C49H56FN9O8. The number of fused-ring (bicyclic) bond motifs is 1. The Morgan fingerprint density at radius 1 is 0.761 bits per heavy atom. The molecule has 5 amide bonds. The minimum absolute atomic E-state index is 0.0535. The number of benzene rings is 3. The van der Waals surface area contributed by atoms with E-state index in [1.165, 1.54) is 25.2 Å². The van der Waals surface area contributed by atoms with Gasteiger partial charge in [-0.2, -0.15) is 0 Å². The number of ether oxygens (including phenoxy) is 3. The lowest BCUT2D eigenvalue weighted by atomic mass is 10.0. The summed E-state index contributed by atoms with van der Waals surface area (Å²) in [5, 5.41) is 5.34. The van der Waals surface area contributed by atoms with Crippen molar-refractivity contribution in [2.45, 2.75) is 90.3 Å². The van der Waals surface area contributed by atoms with Crippen molar-refractivity contribution in [2.75, 3.05) is 27.3 Å². The van der Waals surface area contributed by atoms with Crippen LogP contribution in [0.2, 0.25) is 0 Å². The highest BCUT2D eigenvalue weighted by Crippen LogP contribution is 2.37. The fourth-order valence-electron chi connectivity index (χ4n) is 9.17. The van der Waals surface area contributed by atoms with Crippen molar-refractivity contribution in [3.8, 4) is 33.6 Å². The van der Waals surface area contributed by atoms with Gasteiger partial charge in [-0.15, -0.1) is 0 Å². The van der Waals surface area contributed by atoms with Crippen LogP contribution in [0, 0.1) is 17.7 Å². The molecule has 0 radical (unpaired) electrons. The van der Waals surface area contributed by atoms with E-state index >= 15 is 0 Å². The number of nitrogens with zero attached hydrogens (tertiary/aromatic N) is 5. The van der Waals surface area contributed by atoms with E-state index in [2.05, 4.69) is 20.6 Å². The summed E-state index contributed by atoms with van der Waals surface area (Å²) < 4.78 is 30.0. The molecule has 67 heavy (non-hydrogen) atoms. The lowest BCUT2D eigenvalue weighted by Gasteiger charge is -2.29. The highest BCUT2D eigenvalue weighted by molar-refractivity contribution is 5.87. The zero-order chi connectivity index (χ0) is 47.5. The number of carbonyl (C=O) groups is 5. The molecule has 3 aliphatic rings. The van der Waals surface area contributed by atoms with E-state index < -0.39 is 42.5 Å². The van der Waals surface area contributed by atoms with Gasteiger partial charge in [0.1, 0.15) is 35.7 Å². The van der Waals surface area contributed by atoms with E-state index in [4.69, 9.17) is 24.2 Å². The van der Waals surface area contributed by atoms with Gasteiger partial charge >= 0.3 is 18.3 Å². The molecule has 0 saturated carbocycles. The second-order valence-corrected chi connectivity index (χ2v) is 17.9. The maximum atomic E-state index is 14.5.